The molecule has 7 heteroatoms. The molecule has 0 aromatic carbocycles. The molecule has 7 unspecified atom stereocenters. The van der Waals surface area contributed by atoms with Gasteiger partial charge in [0.1, 0.15) is 0 Å². The van der Waals surface area contributed by atoms with Gasteiger partial charge in [-0.3, -0.25) is 4.79 Å². The van der Waals surface area contributed by atoms with Crippen LogP contribution in [0.5, 0.6) is 0 Å². The summed E-state index contributed by atoms with van der Waals surface area (Å²) < 4.78 is 24.5. The third-order valence-corrected chi connectivity index (χ3v) is 7.74. The molecule has 3 rings (SSSR count). The summed E-state index contributed by atoms with van der Waals surface area (Å²) in [6, 6.07) is 0. The van der Waals surface area contributed by atoms with E-state index in [1.54, 1.807) is 0 Å². The minimum absolute atomic E-state index is 0.0250. The number of aliphatic carboxylic acids is 1. The van der Waals surface area contributed by atoms with Crippen LogP contribution in [0.2, 0.25) is 0 Å². The molecule has 0 amide bonds. The maximum Gasteiger partial charge on any atom is 0.303 e. The lowest BCUT2D eigenvalue weighted by molar-refractivity contribution is -0.227. The number of rotatable bonds is 13. The second-order valence-electron chi connectivity index (χ2n) is 10.6. The first kappa shape index (κ1) is 26.9. The van der Waals surface area contributed by atoms with Crippen molar-refractivity contribution in [1.82, 2.24) is 0 Å². The zero-order chi connectivity index (χ0) is 23.7. The van der Waals surface area contributed by atoms with Gasteiger partial charge in [0.2, 0.25) is 0 Å². The fourth-order valence-corrected chi connectivity index (χ4v) is 5.79. The lowest BCUT2D eigenvalue weighted by Gasteiger charge is -2.38. The Morgan fingerprint density at radius 2 is 1.70 bits per heavy atom. The minimum atomic E-state index is -0.865. The van der Waals surface area contributed by atoms with Crippen LogP contribution in [0.15, 0.2) is 0 Å². The summed E-state index contributed by atoms with van der Waals surface area (Å²) in [5.74, 6) is -1.19. The molecule has 1 saturated carbocycles. The van der Waals surface area contributed by atoms with Gasteiger partial charge in [0.25, 0.3) is 0 Å². The number of carboxylic acids is 1. The first-order valence-electron chi connectivity index (χ1n) is 13.4. The average molecular weight is 471 g/mol. The fraction of sp³-hybridized carbons (Fsp3) is 0.962. The molecule has 0 bridgehead atoms. The van der Waals surface area contributed by atoms with Gasteiger partial charge in [0, 0.05) is 25.6 Å². The number of aliphatic hydroxyl groups is 1. The smallest absolute Gasteiger partial charge is 0.303 e. The lowest BCUT2D eigenvalue weighted by Crippen LogP contribution is -2.38. The molecular formula is C26H46O7. The van der Waals surface area contributed by atoms with E-state index in [0.717, 1.165) is 77.2 Å². The Labute approximate surface area is 199 Å². The average Bonchev–Trinajstić information content (AvgIpc) is 3.07. The highest BCUT2D eigenvalue weighted by molar-refractivity contribution is 5.67. The summed E-state index contributed by atoms with van der Waals surface area (Å²) >= 11 is 0. The molecule has 33 heavy (non-hydrogen) atoms. The molecule has 7 atom stereocenters. The highest BCUT2D eigenvalue weighted by Crippen LogP contribution is 2.43. The van der Waals surface area contributed by atoms with Crippen LogP contribution in [0.4, 0.5) is 0 Å². The maximum absolute atomic E-state index is 11.6. The molecular weight excluding hydrogens is 424 g/mol. The van der Waals surface area contributed by atoms with Crippen molar-refractivity contribution >= 4 is 5.97 Å². The van der Waals surface area contributed by atoms with Crippen LogP contribution in [0, 0.1) is 11.8 Å². The van der Waals surface area contributed by atoms with Crippen LogP contribution >= 0.6 is 0 Å². The summed E-state index contributed by atoms with van der Waals surface area (Å²) in [4.78, 5) is 11.6. The maximum atomic E-state index is 11.6. The predicted molar refractivity (Wildman–Crippen MR) is 125 cm³/mol. The van der Waals surface area contributed by atoms with Crippen LogP contribution < -0.4 is 0 Å². The van der Waals surface area contributed by atoms with Crippen molar-refractivity contribution in [3.05, 3.63) is 0 Å². The van der Waals surface area contributed by atoms with Gasteiger partial charge >= 0.3 is 5.97 Å². The van der Waals surface area contributed by atoms with Gasteiger partial charge in [0.15, 0.2) is 12.6 Å². The fourth-order valence-electron chi connectivity index (χ4n) is 5.79. The summed E-state index contributed by atoms with van der Waals surface area (Å²) in [6.45, 7) is 5.84. The lowest BCUT2D eigenvalue weighted by atomic mass is 9.82. The third kappa shape index (κ3) is 8.46. The topological polar surface area (TPSA) is 94.5 Å². The van der Waals surface area contributed by atoms with Crippen LogP contribution in [-0.4, -0.2) is 59.8 Å². The molecule has 3 fully saturated rings. The molecule has 3 aliphatic rings. The van der Waals surface area contributed by atoms with Crippen LogP contribution in [0.1, 0.15) is 104 Å². The zero-order valence-corrected chi connectivity index (χ0v) is 20.7. The Bertz CT molecular complexity index is 573. The van der Waals surface area contributed by atoms with Gasteiger partial charge in [-0.1, -0.05) is 26.2 Å². The van der Waals surface area contributed by atoms with Gasteiger partial charge in [-0.15, -0.1) is 0 Å². The number of aliphatic hydroxyl groups excluding tert-OH is 1. The van der Waals surface area contributed by atoms with Crippen LogP contribution in [0.3, 0.4) is 0 Å². The van der Waals surface area contributed by atoms with E-state index in [9.17, 15) is 15.0 Å². The van der Waals surface area contributed by atoms with E-state index in [1.165, 1.54) is 6.42 Å². The van der Waals surface area contributed by atoms with E-state index in [0.29, 0.717) is 13.0 Å². The Balaban J connectivity index is 1.67. The molecule has 0 radical (unpaired) electrons. The Morgan fingerprint density at radius 1 is 1.00 bits per heavy atom. The summed E-state index contributed by atoms with van der Waals surface area (Å²) in [6.07, 6.45) is 11.3. The second-order valence-corrected chi connectivity index (χ2v) is 10.6. The number of carbonyl (C=O) groups is 1. The van der Waals surface area contributed by atoms with Crippen LogP contribution in [-0.2, 0) is 23.7 Å². The zero-order valence-electron chi connectivity index (χ0n) is 20.7. The van der Waals surface area contributed by atoms with Crippen molar-refractivity contribution in [3.63, 3.8) is 0 Å². The number of hydrogen-bond acceptors (Lipinski definition) is 6. The third-order valence-electron chi connectivity index (χ3n) is 7.74. The first-order chi connectivity index (χ1) is 15.9. The molecule has 0 aromatic rings. The molecule has 2 saturated heterocycles. The van der Waals surface area contributed by atoms with Gasteiger partial charge in [-0.05, 0) is 70.6 Å². The number of carboxylic acid groups (broad SMARTS) is 1. The van der Waals surface area contributed by atoms with Gasteiger partial charge < -0.3 is 29.2 Å². The quantitative estimate of drug-likeness (QED) is 0.364. The molecule has 192 valence electrons. The summed E-state index contributed by atoms with van der Waals surface area (Å²) in [5, 5.41) is 20.2. The minimum Gasteiger partial charge on any atom is -0.481 e. The molecule has 2 N–H and O–H groups in total. The molecule has 0 aromatic heterocycles. The van der Waals surface area contributed by atoms with Crippen LogP contribution in [0.25, 0.3) is 0 Å². The monoisotopic (exact) mass is 470 g/mol. The van der Waals surface area contributed by atoms with Crippen molar-refractivity contribution in [2.24, 2.45) is 11.8 Å². The second kappa shape index (κ2) is 13.4. The Hall–Kier alpha value is -0.730. The number of unbranched alkanes of at least 4 members (excludes halogenated alkanes) is 2. The van der Waals surface area contributed by atoms with E-state index < -0.39 is 12.1 Å². The van der Waals surface area contributed by atoms with Crippen molar-refractivity contribution in [2.75, 3.05) is 13.2 Å². The Kier molecular flexibility index (Phi) is 10.9. The first-order valence-corrected chi connectivity index (χ1v) is 13.4. The van der Waals surface area contributed by atoms with E-state index >= 15 is 0 Å². The van der Waals surface area contributed by atoms with Crippen molar-refractivity contribution in [1.29, 1.82) is 0 Å². The molecule has 1 aliphatic carbocycles. The summed E-state index contributed by atoms with van der Waals surface area (Å²) in [7, 11) is 0. The van der Waals surface area contributed by atoms with Crippen molar-refractivity contribution < 1.29 is 34.0 Å². The Morgan fingerprint density at radius 3 is 2.30 bits per heavy atom. The predicted octanol–water partition coefficient (Wildman–Crippen LogP) is 5.03. The SMILES string of the molecule is CCCCCC(C)(CCC1C(OC2CCCCO2)CC(O)C1CC(=O)O)OC1CCCCO1. The molecule has 2 heterocycles. The van der Waals surface area contributed by atoms with Gasteiger partial charge in [-0.25, -0.2) is 0 Å². The molecule has 2 aliphatic heterocycles. The number of ether oxygens (including phenoxy) is 4. The van der Waals surface area contributed by atoms with Gasteiger partial charge in [-0.2, -0.15) is 0 Å². The highest BCUT2D eigenvalue weighted by atomic mass is 16.7. The molecule has 7 nitrogen and oxygen atoms in total. The van der Waals surface area contributed by atoms with Crippen molar-refractivity contribution in [2.45, 2.75) is 134 Å². The normalized spacial score (nSPS) is 34.8. The van der Waals surface area contributed by atoms with E-state index in [-0.39, 0.29) is 42.5 Å². The van der Waals surface area contributed by atoms with Crippen molar-refractivity contribution in [3.8, 4) is 0 Å². The van der Waals surface area contributed by atoms with Gasteiger partial charge in [0.05, 0.1) is 24.2 Å². The van der Waals surface area contributed by atoms with E-state index in [1.807, 2.05) is 0 Å². The largest absolute Gasteiger partial charge is 0.481 e. The van der Waals surface area contributed by atoms with E-state index in [2.05, 4.69) is 13.8 Å². The standard InChI is InChI=1S/C26H46O7/c1-3-4-7-13-26(2,33-25-11-6-9-16-31-25)14-12-19-20(17-23(28)29)21(27)18-22(19)32-24-10-5-8-15-30-24/h19-22,24-25,27H,3-18H2,1-2H3,(H,28,29). The number of hydrogen-bond donors (Lipinski definition) is 2. The molecule has 0 spiro atoms. The summed E-state index contributed by atoms with van der Waals surface area (Å²) in [5.41, 5.74) is -0.329. The van der Waals surface area contributed by atoms with E-state index in [4.69, 9.17) is 18.9 Å². The highest BCUT2D eigenvalue weighted by Gasteiger charge is 2.46.